The first-order chi connectivity index (χ1) is 14.0. The van der Waals surface area contributed by atoms with Crippen molar-refractivity contribution >= 4 is 17.6 Å². The Bertz CT molecular complexity index is 1050. The lowest BCUT2D eigenvalue weighted by Gasteiger charge is -2.23. The molecule has 0 aromatic heterocycles. The maximum atomic E-state index is 12.6. The lowest BCUT2D eigenvalue weighted by molar-refractivity contribution is -0.139. The molecule has 2 aromatic rings. The van der Waals surface area contributed by atoms with Crippen molar-refractivity contribution in [2.45, 2.75) is 13.8 Å². The smallest absolute Gasteiger partial charge is 0.355 e. The fraction of sp³-hybridized carbons (Fsp3) is 0.167. The highest BCUT2D eigenvalue weighted by molar-refractivity contribution is 6.05. The summed E-state index contributed by atoms with van der Waals surface area (Å²) in [7, 11) is 2.56. The molecule has 0 N–H and O–H groups in total. The minimum absolute atomic E-state index is 0.0987. The van der Waals surface area contributed by atoms with Crippen LogP contribution in [0.15, 0.2) is 78.2 Å². The number of benzene rings is 2. The highest BCUT2D eigenvalue weighted by Gasteiger charge is 2.27. The number of anilines is 1. The number of carbonyl (C=O) groups is 2. The van der Waals surface area contributed by atoms with Gasteiger partial charge in [0.05, 0.1) is 19.8 Å². The van der Waals surface area contributed by atoms with Gasteiger partial charge in [-0.2, -0.15) is 0 Å². The second kappa shape index (κ2) is 8.61. The lowest BCUT2D eigenvalue weighted by Crippen LogP contribution is -2.26. The molecule has 5 heteroatoms. The quantitative estimate of drug-likeness (QED) is 0.723. The van der Waals surface area contributed by atoms with Crippen LogP contribution < -0.4 is 4.90 Å². The summed E-state index contributed by atoms with van der Waals surface area (Å²) in [6, 6.07) is 14.1. The third kappa shape index (κ3) is 4.14. The predicted octanol–water partition coefficient (Wildman–Crippen LogP) is 4.46. The Hall–Kier alpha value is -3.60. The molecule has 29 heavy (non-hydrogen) atoms. The molecule has 3 rings (SSSR count). The molecular weight excluding hydrogens is 366 g/mol. The van der Waals surface area contributed by atoms with E-state index in [4.69, 9.17) is 9.47 Å². The van der Waals surface area contributed by atoms with Gasteiger partial charge >= 0.3 is 11.9 Å². The van der Waals surface area contributed by atoms with Gasteiger partial charge in [0.15, 0.2) is 0 Å². The first-order valence-electron chi connectivity index (χ1n) is 9.19. The van der Waals surface area contributed by atoms with E-state index < -0.39 is 11.9 Å². The van der Waals surface area contributed by atoms with Gasteiger partial charge in [-0.1, -0.05) is 36.4 Å². The average molecular weight is 389 g/mol. The largest absolute Gasteiger partial charge is 0.465 e. The fourth-order valence-corrected chi connectivity index (χ4v) is 3.12. The molecule has 0 bridgehead atoms. The molecule has 0 saturated carbocycles. The van der Waals surface area contributed by atoms with E-state index in [-0.39, 0.29) is 11.3 Å². The first-order valence-corrected chi connectivity index (χ1v) is 9.19. The number of allylic oxidation sites excluding steroid dienone is 2. The summed E-state index contributed by atoms with van der Waals surface area (Å²) >= 11 is 0. The Labute approximate surface area is 170 Å². The maximum Gasteiger partial charge on any atom is 0.355 e. The number of esters is 2. The molecule has 0 amide bonds. The molecule has 0 fully saturated rings. The molecule has 0 unspecified atom stereocenters. The van der Waals surface area contributed by atoms with E-state index in [1.54, 1.807) is 29.3 Å². The molecule has 0 atom stereocenters. The lowest BCUT2D eigenvalue weighted by atomic mass is 10.00. The number of carbonyl (C=O) groups excluding carboxylic acids is 2. The van der Waals surface area contributed by atoms with Gasteiger partial charge in [0.2, 0.25) is 0 Å². The zero-order valence-electron chi connectivity index (χ0n) is 16.9. The van der Waals surface area contributed by atoms with Crippen LogP contribution in [0.25, 0.3) is 11.1 Å². The van der Waals surface area contributed by atoms with Gasteiger partial charge in [-0.15, -0.1) is 0 Å². The third-order valence-corrected chi connectivity index (χ3v) is 4.85. The summed E-state index contributed by atoms with van der Waals surface area (Å²) in [6.07, 6.45) is 6.70. The zero-order chi connectivity index (χ0) is 21.0. The molecule has 148 valence electrons. The van der Waals surface area contributed by atoms with Crippen LogP contribution in [0.3, 0.4) is 0 Å². The van der Waals surface area contributed by atoms with Crippen LogP contribution in [-0.4, -0.2) is 26.2 Å². The van der Waals surface area contributed by atoms with Gasteiger partial charge in [-0.25, -0.2) is 9.59 Å². The molecule has 2 aromatic carbocycles. The standard InChI is InChI=1S/C24H23NO4/c1-16-11-12-19(14-17(16)2)18-8-7-9-20(15-18)25-13-6-5-10-21(23(26)28-3)22(25)24(27)29-4/h5-15H,1-4H3. The van der Waals surface area contributed by atoms with E-state index in [1.165, 1.54) is 25.3 Å². The summed E-state index contributed by atoms with van der Waals surface area (Å²) < 4.78 is 9.81. The number of nitrogens with zero attached hydrogens (tertiary/aromatic N) is 1. The first kappa shape index (κ1) is 20.1. The van der Waals surface area contributed by atoms with Crippen molar-refractivity contribution < 1.29 is 19.1 Å². The predicted molar refractivity (Wildman–Crippen MR) is 113 cm³/mol. The average Bonchev–Trinajstić information content (AvgIpc) is 2.97. The zero-order valence-corrected chi connectivity index (χ0v) is 16.9. The van der Waals surface area contributed by atoms with Gasteiger partial charge in [0.1, 0.15) is 5.70 Å². The van der Waals surface area contributed by atoms with Crippen molar-refractivity contribution in [2.24, 2.45) is 0 Å². The summed E-state index contributed by atoms with van der Waals surface area (Å²) in [5.41, 5.74) is 5.45. The molecule has 0 aliphatic carbocycles. The van der Waals surface area contributed by atoms with Crippen LogP contribution >= 0.6 is 0 Å². The highest BCUT2D eigenvalue weighted by atomic mass is 16.5. The van der Waals surface area contributed by atoms with Crippen molar-refractivity contribution in [3.63, 3.8) is 0 Å². The Morgan fingerprint density at radius 2 is 1.55 bits per heavy atom. The number of ether oxygens (including phenoxy) is 2. The molecule has 1 aliphatic rings. The Balaban J connectivity index is 2.13. The summed E-state index contributed by atoms with van der Waals surface area (Å²) in [6.45, 7) is 4.15. The number of methoxy groups -OCH3 is 2. The van der Waals surface area contributed by atoms with E-state index in [0.717, 1.165) is 16.8 Å². The van der Waals surface area contributed by atoms with Crippen LogP contribution in [0.1, 0.15) is 11.1 Å². The third-order valence-electron chi connectivity index (χ3n) is 4.85. The molecule has 5 nitrogen and oxygen atoms in total. The van der Waals surface area contributed by atoms with Crippen LogP contribution in [0.4, 0.5) is 5.69 Å². The van der Waals surface area contributed by atoms with Crippen molar-refractivity contribution in [2.75, 3.05) is 19.1 Å². The fourth-order valence-electron chi connectivity index (χ4n) is 3.12. The van der Waals surface area contributed by atoms with E-state index in [0.29, 0.717) is 0 Å². The van der Waals surface area contributed by atoms with Crippen LogP contribution in [0, 0.1) is 13.8 Å². The molecule has 0 radical (unpaired) electrons. The van der Waals surface area contributed by atoms with Gasteiger partial charge in [0, 0.05) is 11.9 Å². The minimum Gasteiger partial charge on any atom is -0.465 e. The summed E-state index contributed by atoms with van der Waals surface area (Å²) in [5, 5.41) is 0. The van der Waals surface area contributed by atoms with Gasteiger partial charge in [0.25, 0.3) is 0 Å². The molecule has 1 aliphatic heterocycles. The van der Waals surface area contributed by atoms with E-state index in [9.17, 15) is 9.59 Å². The SMILES string of the molecule is COC(=O)C1=C(C(=O)OC)N(c2cccc(-c3ccc(C)c(C)c3)c2)C=CC=C1. The van der Waals surface area contributed by atoms with Crippen LogP contribution in [0.5, 0.6) is 0 Å². The normalized spacial score (nSPS) is 13.3. The number of hydrogen-bond acceptors (Lipinski definition) is 5. The number of aryl methyl sites for hydroxylation is 2. The van der Waals surface area contributed by atoms with Crippen molar-refractivity contribution in [1.82, 2.24) is 0 Å². The minimum atomic E-state index is -0.627. The monoisotopic (exact) mass is 389 g/mol. The second-order valence-corrected chi connectivity index (χ2v) is 6.67. The molecule has 0 spiro atoms. The summed E-state index contributed by atoms with van der Waals surface area (Å²) in [4.78, 5) is 26.5. The molecular formula is C24H23NO4. The highest BCUT2D eigenvalue weighted by Crippen LogP contribution is 2.30. The van der Waals surface area contributed by atoms with Crippen molar-refractivity contribution in [1.29, 1.82) is 0 Å². The van der Waals surface area contributed by atoms with Gasteiger partial charge in [-0.3, -0.25) is 0 Å². The van der Waals surface area contributed by atoms with Crippen molar-refractivity contribution in [3.05, 3.63) is 89.3 Å². The van der Waals surface area contributed by atoms with Gasteiger partial charge in [-0.05, 0) is 60.4 Å². The van der Waals surface area contributed by atoms with E-state index in [1.807, 2.05) is 24.3 Å². The van der Waals surface area contributed by atoms with Crippen LogP contribution in [0.2, 0.25) is 0 Å². The second-order valence-electron chi connectivity index (χ2n) is 6.67. The van der Waals surface area contributed by atoms with Crippen LogP contribution in [-0.2, 0) is 19.1 Å². The Kier molecular flexibility index (Phi) is 5.98. The summed E-state index contributed by atoms with van der Waals surface area (Å²) in [5.74, 6) is -1.24. The number of rotatable bonds is 4. The molecule has 0 saturated heterocycles. The van der Waals surface area contributed by atoms with E-state index >= 15 is 0 Å². The molecule has 1 heterocycles. The number of hydrogen-bond donors (Lipinski definition) is 0. The van der Waals surface area contributed by atoms with Crippen molar-refractivity contribution in [3.8, 4) is 11.1 Å². The maximum absolute atomic E-state index is 12.6. The van der Waals surface area contributed by atoms with E-state index in [2.05, 4.69) is 32.0 Å². The van der Waals surface area contributed by atoms with Gasteiger partial charge < -0.3 is 14.4 Å². The Morgan fingerprint density at radius 1 is 0.828 bits per heavy atom. The Morgan fingerprint density at radius 3 is 2.24 bits per heavy atom. The topological polar surface area (TPSA) is 55.8 Å².